The van der Waals surface area contributed by atoms with E-state index in [1.54, 1.807) is 0 Å². The molecule has 0 aliphatic carbocycles. The summed E-state index contributed by atoms with van der Waals surface area (Å²) in [6.07, 6.45) is -1.24. The van der Waals surface area contributed by atoms with E-state index in [-0.39, 0.29) is 5.69 Å². The lowest BCUT2D eigenvalue weighted by Crippen LogP contribution is -2.35. The Kier molecular flexibility index (Phi) is 4.69. The summed E-state index contributed by atoms with van der Waals surface area (Å²) >= 11 is 0. The van der Waals surface area contributed by atoms with Crippen molar-refractivity contribution >= 4 is 27.8 Å². The van der Waals surface area contributed by atoms with Gasteiger partial charge in [0.15, 0.2) is 5.84 Å². The quantitative estimate of drug-likeness (QED) is 0.265. The van der Waals surface area contributed by atoms with Gasteiger partial charge in [-0.25, -0.2) is 13.9 Å². The molecule has 1 aromatic carbocycles. The van der Waals surface area contributed by atoms with Crippen molar-refractivity contribution in [1.29, 1.82) is 0 Å². The van der Waals surface area contributed by atoms with Crippen LogP contribution in [0.3, 0.4) is 0 Å². The molecule has 0 aliphatic rings. The SMILES string of the molecule is COC(=O)NS(=O)(=O)Nc1cccc(F)c1/C(N)=N/O. The van der Waals surface area contributed by atoms with E-state index in [0.717, 1.165) is 19.2 Å². The summed E-state index contributed by atoms with van der Waals surface area (Å²) in [5, 5.41) is 11.1. The van der Waals surface area contributed by atoms with Crippen LogP contribution in [0, 0.1) is 5.82 Å². The third-order valence-corrected chi connectivity index (χ3v) is 2.95. The number of halogens is 1. The van der Waals surface area contributed by atoms with Crippen molar-refractivity contribution in [1.82, 2.24) is 4.72 Å². The molecule has 0 saturated carbocycles. The molecule has 0 aromatic heterocycles. The average Bonchev–Trinajstić information content (AvgIpc) is 2.37. The van der Waals surface area contributed by atoms with Crippen molar-refractivity contribution in [3.8, 4) is 0 Å². The van der Waals surface area contributed by atoms with Crippen molar-refractivity contribution in [2.75, 3.05) is 11.8 Å². The van der Waals surface area contributed by atoms with E-state index in [1.165, 1.54) is 10.8 Å². The summed E-state index contributed by atoms with van der Waals surface area (Å²) < 4.78 is 44.1. The number of benzene rings is 1. The second kappa shape index (κ2) is 6.06. The van der Waals surface area contributed by atoms with Crippen LogP contribution in [-0.2, 0) is 14.9 Å². The summed E-state index contributed by atoms with van der Waals surface area (Å²) in [6, 6.07) is 3.34. The molecule has 110 valence electrons. The van der Waals surface area contributed by atoms with E-state index < -0.39 is 33.5 Å². The van der Waals surface area contributed by atoms with Gasteiger partial charge in [-0.15, -0.1) is 0 Å². The molecular formula is C9H11FN4O5S. The molecule has 5 N–H and O–H groups in total. The van der Waals surface area contributed by atoms with Gasteiger partial charge in [-0.1, -0.05) is 11.2 Å². The first-order chi connectivity index (χ1) is 9.30. The van der Waals surface area contributed by atoms with Gasteiger partial charge in [-0.3, -0.25) is 4.72 Å². The molecule has 0 bridgehead atoms. The maximum Gasteiger partial charge on any atom is 0.422 e. The minimum atomic E-state index is -4.36. The molecule has 0 unspecified atom stereocenters. The number of hydrogen-bond acceptors (Lipinski definition) is 6. The second-order valence-electron chi connectivity index (χ2n) is 3.35. The Balaban J connectivity index is 3.16. The van der Waals surface area contributed by atoms with E-state index in [2.05, 4.69) is 9.89 Å². The topological polar surface area (TPSA) is 143 Å². The minimum absolute atomic E-state index is 0.322. The zero-order valence-corrected chi connectivity index (χ0v) is 10.9. The Hall–Kier alpha value is -2.56. The molecule has 1 amide bonds. The molecule has 0 radical (unpaired) electrons. The second-order valence-corrected chi connectivity index (χ2v) is 4.76. The van der Waals surface area contributed by atoms with Crippen LogP contribution in [-0.4, -0.2) is 32.7 Å². The number of amides is 1. The van der Waals surface area contributed by atoms with Crippen molar-refractivity contribution in [2.45, 2.75) is 0 Å². The molecule has 0 heterocycles. The molecule has 1 aromatic rings. The number of anilines is 1. The van der Waals surface area contributed by atoms with Gasteiger partial charge in [0.25, 0.3) is 0 Å². The van der Waals surface area contributed by atoms with Gasteiger partial charge in [-0.2, -0.15) is 8.42 Å². The number of ether oxygens (including phenoxy) is 1. The predicted molar refractivity (Wildman–Crippen MR) is 67.0 cm³/mol. The molecule has 1 rings (SSSR count). The first-order valence-corrected chi connectivity index (χ1v) is 6.44. The molecule has 0 saturated heterocycles. The Morgan fingerprint density at radius 1 is 1.50 bits per heavy atom. The van der Waals surface area contributed by atoms with Crippen LogP contribution in [0.25, 0.3) is 0 Å². The molecule has 0 fully saturated rings. The van der Waals surface area contributed by atoms with Crippen LogP contribution in [0.4, 0.5) is 14.9 Å². The number of carbonyl (C=O) groups excluding carboxylic acids is 1. The van der Waals surface area contributed by atoms with Crippen LogP contribution in [0.2, 0.25) is 0 Å². The Labute approximate surface area is 113 Å². The average molecular weight is 306 g/mol. The number of nitrogens with one attached hydrogen (secondary N) is 2. The highest BCUT2D eigenvalue weighted by atomic mass is 32.2. The fraction of sp³-hybridized carbons (Fsp3) is 0.111. The van der Waals surface area contributed by atoms with Gasteiger partial charge >= 0.3 is 16.3 Å². The first kappa shape index (κ1) is 15.5. The lowest BCUT2D eigenvalue weighted by Gasteiger charge is -2.12. The molecule has 20 heavy (non-hydrogen) atoms. The van der Waals surface area contributed by atoms with E-state index in [9.17, 15) is 17.6 Å². The first-order valence-electron chi connectivity index (χ1n) is 4.95. The van der Waals surface area contributed by atoms with Gasteiger partial charge < -0.3 is 15.7 Å². The standard InChI is InChI=1S/C9H11FN4O5S/c1-19-9(15)14-20(17,18)13-6-4-2-3-5(10)7(6)8(11)12-16/h2-4,13,16H,1H3,(H2,11,12)(H,14,15). The number of nitrogens with two attached hydrogens (primary N) is 1. The molecule has 11 heteroatoms. The van der Waals surface area contributed by atoms with E-state index >= 15 is 0 Å². The van der Waals surface area contributed by atoms with Crippen LogP contribution >= 0.6 is 0 Å². The maximum absolute atomic E-state index is 13.6. The van der Waals surface area contributed by atoms with E-state index in [4.69, 9.17) is 10.9 Å². The number of nitrogens with zero attached hydrogens (tertiary/aromatic N) is 1. The molecule has 9 nitrogen and oxygen atoms in total. The monoisotopic (exact) mass is 306 g/mol. The maximum atomic E-state index is 13.6. The van der Waals surface area contributed by atoms with Crippen LogP contribution < -0.4 is 15.2 Å². The molecule has 0 aliphatic heterocycles. The largest absolute Gasteiger partial charge is 0.452 e. The highest BCUT2D eigenvalue weighted by Crippen LogP contribution is 2.19. The lowest BCUT2D eigenvalue weighted by molar-refractivity contribution is 0.177. The van der Waals surface area contributed by atoms with Crippen molar-refractivity contribution in [2.24, 2.45) is 10.9 Å². The predicted octanol–water partition coefficient (Wildman–Crippen LogP) is -0.0671. The van der Waals surface area contributed by atoms with Crippen LogP contribution in [0.15, 0.2) is 23.4 Å². The zero-order valence-electron chi connectivity index (χ0n) is 10.1. The van der Waals surface area contributed by atoms with Gasteiger partial charge in [-0.05, 0) is 12.1 Å². The van der Waals surface area contributed by atoms with Crippen LogP contribution in [0.1, 0.15) is 5.56 Å². The number of oxime groups is 1. The third kappa shape index (κ3) is 3.71. The number of hydrogen-bond donors (Lipinski definition) is 4. The number of amidine groups is 1. The Bertz CT molecular complexity index is 646. The third-order valence-electron chi connectivity index (χ3n) is 2.02. The molecular weight excluding hydrogens is 295 g/mol. The van der Waals surface area contributed by atoms with Crippen molar-refractivity contribution < 1.29 is 27.5 Å². The number of methoxy groups -OCH3 is 1. The fourth-order valence-corrected chi connectivity index (χ4v) is 2.05. The van der Waals surface area contributed by atoms with Crippen LogP contribution in [0.5, 0.6) is 0 Å². The van der Waals surface area contributed by atoms with E-state index in [0.29, 0.717) is 0 Å². The van der Waals surface area contributed by atoms with Gasteiger partial charge in [0, 0.05) is 0 Å². The molecule has 0 spiro atoms. The van der Waals surface area contributed by atoms with E-state index in [1.807, 2.05) is 4.72 Å². The number of rotatable bonds is 4. The Morgan fingerprint density at radius 2 is 2.15 bits per heavy atom. The number of carbonyl (C=O) groups is 1. The zero-order chi connectivity index (χ0) is 15.3. The van der Waals surface area contributed by atoms with Gasteiger partial charge in [0.05, 0.1) is 18.4 Å². The van der Waals surface area contributed by atoms with Crippen molar-refractivity contribution in [3.05, 3.63) is 29.6 Å². The minimum Gasteiger partial charge on any atom is -0.452 e. The fourth-order valence-electron chi connectivity index (χ4n) is 1.24. The highest BCUT2D eigenvalue weighted by molar-refractivity contribution is 7.91. The smallest absolute Gasteiger partial charge is 0.422 e. The normalized spacial score (nSPS) is 11.8. The summed E-state index contributed by atoms with van der Waals surface area (Å²) in [5.74, 6) is -1.56. The Morgan fingerprint density at radius 3 is 2.70 bits per heavy atom. The summed E-state index contributed by atoms with van der Waals surface area (Å²) in [6.45, 7) is 0. The lowest BCUT2D eigenvalue weighted by atomic mass is 10.1. The summed E-state index contributed by atoms with van der Waals surface area (Å²) in [5.41, 5.74) is 4.47. The van der Waals surface area contributed by atoms with Gasteiger partial charge in [0.2, 0.25) is 0 Å². The highest BCUT2D eigenvalue weighted by Gasteiger charge is 2.19. The summed E-state index contributed by atoms with van der Waals surface area (Å²) in [7, 11) is -3.39. The molecule has 0 atom stereocenters. The summed E-state index contributed by atoms with van der Waals surface area (Å²) in [4.78, 5) is 10.8. The van der Waals surface area contributed by atoms with Gasteiger partial charge in [0.1, 0.15) is 5.82 Å². The van der Waals surface area contributed by atoms with Crippen molar-refractivity contribution in [3.63, 3.8) is 0 Å².